The molecule has 4 aliphatic carbocycles. The van der Waals surface area contributed by atoms with E-state index in [4.69, 9.17) is 28.4 Å². The third-order valence-corrected chi connectivity index (χ3v) is 10.2. The second-order valence-corrected chi connectivity index (χ2v) is 14.9. The zero-order valence-corrected chi connectivity index (χ0v) is 26.0. The zero-order chi connectivity index (χ0) is 31.2. The molecule has 236 valence electrons. The van der Waals surface area contributed by atoms with Gasteiger partial charge in [0.1, 0.15) is 29.6 Å². The summed E-state index contributed by atoms with van der Waals surface area (Å²) in [6.45, 7) is 11.6. The van der Waals surface area contributed by atoms with Crippen molar-refractivity contribution in [1.82, 2.24) is 4.90 Å². The zero-order valence-electron chi connectivity index (χ0n) is 26.0. The Balaban J connectivity index is 1.23. The first kappa shape index (κ1) is 30.4. The maximum atomic E-state index is 14.1. The SMILES string of the molecule is CC1(C)OCC(C)(C(=O)OCC(C)(COC(=O)C2(C)COC(C)(C)OC2)N2C(=O)C3C4C=CC(C5C=CC54)C3C2=O)CO1. The molecule has 3 heterocycles. The molecule has 0 spiro atoms. The van der Waals surface area contributed by atoms with E-state index in [1.54, 1.807) is 48.5 Å². The number of imide groups is 1. The van der Waals surface area contributed by atoms with E-state index >= 15 is 0 Å². The maximum Gasteiger partial charge on any atom is 0.316 e. The highest BCUT2D eigenvalue weighted by Crippen LogP contribution is 2.59. The van der Waals surface area contributed by atoms with Crippen molar-refractivity contribution in [3.63, 3.8) is 0 Å². The molecular weight excluding hydrogens is 558 g/mol. The molecule has 0 aromatic rings. The van der Waals surface area contributed by atoms with Crippen molar-refractivity contribution in [2.75, 3.05) is 39.6 Å². The number of likely N-dealkylation sites (tertiary alicyclic amines) is 1. The molecule has 0 N–H and O–H groups in total. The lowest BCUT2D eigenvalue weighted by atomic mass is 9.50. The highest BCUT2D eigenvalue weighted by Gasteiger charge is 2.65. The van der Waals surface area contributed by atoms with E-state index in [2.05, 4.69) is 24.3 Å². The molecule has 3 aliphatic heterocycles. The van der Waals surface area contributed by atoms with Gasteiger partial charge < -0.3 is 28.4 Å². The number of hydrogen-bond acceptors (Lipinski definition) is 10. The first-order valence-electron chi connectivity index (χ1n) is 15.1. The first-order chi connectivity index (χ1) is 20.0. The van der Waals surface area contributed by atoms with Gasteiger partial charge in [-0.3, -0.25) is 24.1 Å². The van der Waals surface area contributed by atoms with Crippen LogP contribution in [0.1, 0.15) is 48.5 Å². The molecule has 2 bridgehead atoms. The second kappa shape index (κ2) is 9.95. The highest BCUT2D eigenvalue weighted by molar-refractivity contribution is 6.07. The lowest BCUT2D eigenvalue weighted by molar-refractivity contribution is -0.282. The summed E-state index contributed by atoms with van der Waals surface area (Å²) < 4.78 is 34.5. The molecular formula is C32H43NO10. The summed E-state index contributed by atoms with van der Waals surface area (Å²) in [5, 5.41) is 0. The molecule has 2 amide bonds. The van der Waals surface area contributed by atoms with Crippen LogP contribution in [0.2, 0.25) is 0 Å². The van der Waals surface area contributed by atoms with Gasteiger partial charge in [0.2, 0.25) is 11.8 Å². The average molecular weight is 602 g/mol. The van der Waals surface area contributed by atoms with Crippen molar-refractivity contribution in [2.24, 2.45) is 46.3 Å². The molecule has 7 rings (SSSR count). The number of ether oxygens (including phenoxy) is 6. The smallest absolute Gasteiger partial charge is 0.316 e. The number of amides is 2. The summed E-state index contributed by atoms with van der Waals surface area (Å²) in [4.78, 5) is 56.2. The predicted octanol–water partition coefficient (Wildman–Crippen LogP) is 2.63. The molecule has 3 saturated heterocycles. The Morgan fingerprint density at radius 1 is 0.698 bits per heavy atom. The van der Waals surface area contributed by atoms with Crippen LogP contribution in [0, 0.1) is 46.3 Å². The van der Waals surface area contributed by atoms with Crippen LogP contribution in [0.15, 0.2) is 24.3 Å². The van der Waals surface area contributed by atoms with Gasteiger partial charge in [0.15, 0.2) is 11.6 Å². The van der Waals surface area contributed by atoms with Crippen LogP contribution in [-0.4, -0.2) is 85.4 Å². The van der Waals surface area contributed by atoms with E-state index in [1.165, 1.54) is 4.90 Å². The standard InChI is InChI=1S/C32H43NO10/c1-28(2)40-12-30(5,13-41-28)26(36)38-16-32(7,17-39-27(37)31(6)14-42-29(3,4)43-15-31)33-24(34)22-20-10-11-21(23(22)25(33)35)19-9-8-18(19)20/h8-11,18-23H,12-17H2,1-7H3. The van der Waals surface area contributed by atoms with Gasteiger partial charge in [-0.05, 0) is 72.1 Å². The van der Waals surface area contributed by atoms with Crippen molar-refractivity contribution in [2.45, 2.75) is 65.6 Å². The number of rotatable bonds is 7. The number of carbonyl (C=O) groups excluding carboxylic acids is 4. The summed E-state index contributed by atoms with van der Waals surface area (Å²) in [6.07, 6.45) is 8.38. The monoisotopic (exact) mass is 601 g/mol. The summed E-state index contributed by atoms with van der Waals surface area (Å²) in [5.41, 5.74) is -3.64. The van der Waals surface area contributed by atoms with Crippen molar-refractivity contribution in [1.29, 1.82) is 0 Å². The number of carbonyl (C=O) groups is 4. The lowest BCUT2D eigenvalue weighted by Gasteiger charge is -2.51. The predicted molar refractivity (Wildman–Crippen MR) is 150 cm³/mol. The highest BCUT2D eigenvalue weighted by atomic mass is 16.7. The van der Waals surface area contributed by atoms with Crippen molar-refractivity contribution in [3.05, 3.63) is 24.3 Å². The molecule has 1 saturated carbocycles. The summed E-state index contributed by atoms with van der Waals surface area (Å²) >= 11 is 0. The van der Waals surface area contributed by atoms with Crippen LogP contribution in [0.3, 0.4) is 0 Å². The van der Waals surface area contributed by atoms with Crippen molar-refractivity contribution >= 4 is 23.8 Å². The number of allylic oxidation sites excluding steroid dienone is 4. The molecule has 43 heavy (non-hydrogen) atoms. The molecule has 11 heteroatoms. The Morgan fingerprint density at radius 2 is 1.02 bits per heavy atom. The molecule has 6 atom stereocenters. The van der Waals surface area contributed by atoms with Gasteiger partial charge in [-0.15, -0.1) is 0 Å². The van der Waals surface area contributed by atoms with Crippen LogP contribution in [0.4, 0.5) is 0 Å². The minimum Gasteiger partial charge on any atom is -0.462 e. The summed E-state index contributed by atoms with van der Waals surface area (Å²) in [7, 11) is 0. The minimum atomic E-state index is -1.46. The molecule has 7 aliphatic rings. The summed E-state index contributed by atoms with van der Waals surface area (Å²) in [5.74, 6) is -4.15. The third-order valence-electron chi connectivity index (χ3n) is 10.2. The topological polar surface area (TPSA) is 127 Å². The Morgan fingerprint density at radius 3 is 1.35 bits per heavy atom. The van der Waals surface area contributed by atoms with Crippen molar-refractivity contribution in [3.8, 4) is 0 Å². The Labute approximate surface area is 252 Å². The van der Waals surface area contributed by atoms with E-state index in [0.717, 1.165) is 0 Å². The Kier molecular flexibility index (Phi) is 7.04. The van der Waals surface area contributed by atoms with Crippen LogP contribution < -0.4 is 0 Å². The van der Waals surface area contributed by atoms with Crippen molar-refractivity contribution < 1.29 is 47.6 Å². The van der Waals surface area contributed by atoms with Gasteiger partial charge in [-0.1, -0.05) is 24.3 Å². The lowest BCUT2D eigenvalue weighted by Crippen LogP contribution is -2.58. The second-order valence-electron chi connectivity index (χ2n) is 14.9. The Bertz CT molecular complexity index is 1170. The first-order valence-corrected chi connectivity index (χ1v) is 15.1. The van der Waals surface area contributed by atoms with E-state index in [9.17, 15) is 19.2 Å². The molecule has 0 aromatic heterocycles. The van der Waals surface area contributed by atoms with E-state index < -0.39 is 51.7 Å². The molecule has 4 fully saturated rings. The van der Waals surface area contributed by atoms with Gasteiger partial charge in [-0.2, -0.15) is 0 Å². The fraction of sp³-hybridized carbons (Fsp3) is 0.750. The minimum absolute atomic E-state index is 0.0709. The van der Waals surface area contributed by atoms with E-state index in [-0.39, 0.29) is 75.1 Å². The number of nitrogens with zero attached hydrogens (tertiary/aromatic N) is 1. The van der Waals surface area contributed by atoms with Crippen LogP contribution in [0.5, 0.6) is 0 Å². The fourth-order valence-corrected chi connectivity index (χ4v) is 7.12. The largest absolute Gasteiger partial charge is 0.462 e. The third kappa shape index (κ3) is 4.96. The molecule has 11 nitrogen and oxygen atoms in total. The van der Waals surface area contributed by atoms with Crippen LogP contribution >= 0.6 is 0 Å². The molecule has 6 unspecified atom stereocenters. The molecule has 0 radical (unpaired) electrons. The normalized spacial score (nSPS) is 36.0. The fourth-order valence-electron chi connectivity index (χ4n) is 7.12. The maximum absolute atomic E-state index is 14.1. The number of hydrogen-bond donors (Lipinski definition) is 0. The van der Waals surface area contributed by atoms with Gasteiger partial charge in [0.05, 0.1) is 38.3 Å². The quantitative estimate of drug-likeness (QED) is 0.244. The Hall–Kier alpha value is -2.60. The summed E-state index contributed by atoms with van der Waals surface area (Å²) in [6, 6.07) is 0. The van der Waals surface area contributed by atoms with Crippen LogP contribution in [-0.2, 0) is 47.6 Å². The van der Waals surface area contributed by atoms with E-state index in [0.29, 0.717) is 0 Å². The van der Waals surface area contributed by atoms with Gasteiger partial charge in [0.25, 0.3) is 0 Å². The number of esters is 2. The average Bonchev–Trinajstić information content (AvgIpc) is 3.21. The van der Waals surface area contributed by atoms with E-state index in [1.807, 2.05) is 0 Å². The molecule has 0 aromatic carbocycles. The van der Waals surface area contributed by atoms with Gasteiger partial charge >= 0.3 is 11.9 Å². The van der Waals surface area contributed by atoms with Crippen LogP contribution in [0.25, 0.3) is 0 Å². The van der Waals surface area contributed by atoms with Gasteiger partial charge in [-0.25, -0.2) is 0 Å². The van der Waals surface area contributed by atoms with Gasteiger partial charge in [0, 0.05) is 0 Å².